The minimum absolute atomic E-state index is 0.549. The van der Waals surface area contributed by atoms with Gasteiger partial charge in [0.15, 0.2) is 0 Å². The summed E-state index contributed by atoms with van der Waals surface area (Å²) >= 11 is 0. The molecule has 2 aromatic carbocycles. The van der Waals surface area contributed by atoms with Crippen LogP contribution in [0.15, 0.2) is 60.7 Å². The predicted molar refractivity (Wildman–Crippen MR) is 92.3 cm³/mol. The van der Waals surface area contributed by atoms with Crippen molar-refractivity contribution in [3.05, 3.63) is 71.8 Å². The second-order valence-electron chi connectivity index (χ2n) is 4.16. The summed E-state index contributed by atoms with van der Waals surface area (Å²) in [4.78, 5) is 0. The molecule has 0 radical (unpaired) electrons. The van der Waals surface area contributed by atoms with Crippen LogP contribution in [0.2, 0.25) is 0 Å². The van der Waals surface area contributed by atoms with Gasteiger partial charge in [0.1, 0.15) is 0 Å². The third-order valence-electron chi connectivity index (χ3n) is 2.98. The third kappa shape index (κ3) is 6.06. The first-order valence-corrected chi connectivity index (χ1v) is 8.01. The maximum Gasteiger partial charge on any atom is 0.00892 e. The fourth-order valence-corrected chi connectivity index (χ4v) is 2.19. The Morgan fingerprint density at radius 3 is 1.30 bits per heavy atom. The van der Waals surface area contributed by atoms with Crippen LogP contribution in [0.1, 0.15) is 64.5 Å². The van der Waals surface area contributed by atoms with Crippen molar-refractivity contribution in [3.63, 3.8) is 0 Å². The second-order valence-corrected chi connectivity index (χ2v) is 4.16. The van der Waals surface area contributed by atoms with E-state index in [1.165, 1.54) is 24.0 Å². The van der Waals surface area contributed by atoms with E-state index in [-0.39, 0.29) is 0 Å². The van der Waals surface area contributed by atoms with Gasteiger partial charge in [-0.3, -0.25) is 0 Å². The Bertz CT molecular complexity index is 363. The summed E-state index contributed by atoms with van der Waals surface area (Å²) in [6, 6.07) is 21.6. The van der Waals surface area contributed by atoms with Gasteiger partial charge in [0.05, 0.1) is 0 Å². The van der Waals surface area contributed by atoms with Crippen molar-refractivity contribution >= 4 is 0 Å². The van der Waals surface area contributed by atoms with Gasteiger partial charge < -0.3 is 0 Å². The molecule has 0 bridgehead atoms. The molecule has 0 heteroatoms. The van der Waals surface area contributed by atoms with E-state index < -0.39 is 0 Å². The van der Waals surface area contributed by atoms with Gasteiger partial charge in [-0.2, -0.15) is 0 Å². The standard InChI is InChI=1S/C16H18.2C2H6/c1-2-9-16(14-10-5-3-6-11-14)15-12-7-4-8-13-15;2*1-2/h3-8,10-13,16H,2,9H2,1H3;2*1-2H3. The Morgan fingerprint density at radius 2 is 1.00 bits per heavy atom. The lowest BCUT2D eigenvalue weighted by atomic mass is 9.88. The van der Waals surface area contributed by atoms with Gasteiger partial charge in [0, 0.05) is 5.92 Å². The highest BCUT2D eigenvalue weighted by Crippen LogP contribution is 2.28. The fourth-order valence-electron chi connectivity index (χ4n) is 2.19. The average Bonchev–Trinajstić information content (AvgIpc) is 2.58. The van der Waals surface area contributed by atoms with E-state index in [2.05, 4.69) is 67.6 Å². The zero-order chi connectivity index (χ0) is 15.2. The number of rotatable bonds is 4. The van der Waals surface area contributed by atoms with Gasteiger partial charge in [-0.05, 0) is 17.5 Å². The third-order valence-corrected chi connectivity index (χ3v) is 2.98. The predicted octanol–water partition coefficient (Wildman–Crippen LogP) is 6.67. The van der Waals surface area contributed by atoms with Crippen LogP contribution in [0, 0.1) is 0 Å². The molecule has 0 nitrogen and oxygen atoms in total. The molecule has 0 amide bonds. The smallest absolute Gasteiger partial charge is 0.00892 e. The van der Waals surface area contributed by atoms with Crippen LogP contribution in [0.3, 0.4) is 0 Å². The number of hydrogen-bond donors (Lipinski definition) is 0. The molecule has 0 saturated heterocycles. The highest BCUT2D eigenvalue weighted by Gasteiger charge is 2.11. The Balaban J connectivity index is 0.000000829. The zero-order valence-electron chi connectivity index (χ0n) is 13.8. The quantitative estimate of drug-likeness (QED) is 0.582. The summed E-state index contributed by atoms with van der Waals surface area (Å²) in [5.41, 5.74) is 2.85. The SMILES string of the molecule is CC.CC.CCCC(c1ccccc1)c1ccccc1. The fraction of sp³-hybridized carbons (Fsp3) is 0.400. The van der Waals surface area contributed by atoms with Crippen molar-refractivity contribution in [2.75, 3.05) is 0 Å². The van der Waals surface area contributed by atoms with Crippen LogP contribution in [0.4, 0.5) is 0 Å². The van der Waals surface area contributed by atoms with Crippen LogP contribution in [-0.2, 0) is 0 Å². The van der Waals surface area contributed by atoms with E-state index in [0.717, 1.165) is 0 Å². The summed E-state index contributed by atoms with van der Waals surface area (Å²) in [5.74, 6) is 0.549. The van der Waals surface area contributed by atoms with Gasteiger partial charge in [-0.25, -0.2) is 0 Å². The summed E-state index contributed by atoms with van der Waals surface area (Å²) in [6.45, 7) is 10.2. The van der Waals surface area contributed by atoms with Gasteiger partial charge in [-0.15, -0.1) is 0 Å². The summed E-state index contributed by atoms with van der Waals surface area (Å²) in [6.07, 6.45) is 2.43. The maximum atomic E-state index is 2.25. The first kappa shape index (κ1) is 18.4. The van der Waals surface area contributed by atoms with Crippen LogP contribution in [0.25, 0.3) is 0 Å². The van der Waals surface area contributed by atoms with Gasteiger partial charge in [0.2, 0.25) is 0 Å². The molecule has 20 heavy (non-hydrogen) atoms. The van der Waals surface area contributed by atoms with E-state index in [1.54, 1.807) is 0 Å². The molecular weight excluding hydrogens is 240 g/mol. The van der Waals surface area contributed by atoms with Crippen LogP contribution < -0.4 is 0 Å². The highest BCUT2D eigenvalue weighted by atomic mass is 14.2. The van der Waals surface area contributed by atoms with Gasteiger partial charge in [0.25, 0.3) is 0 Å². The Hall–Kier alpha value is -1.56. The topological polar surface area (TPSA) is 0 Å². The lowest BCUT2D eigenvalue weighted by molar-refractivity contribution is 0.698. The average molecular weight is 270 g/mol. The Morgan fingerprint density at radius 1 is 0.650 bits per heavy atom. The minimum Gasteiger partial charge on any atom is -0.0683 e. The van der Waals surface area contributed by atoms with E-state index in [1.807, 2.05) is 27.7 Å². The van der Waals surface area contributed by atoms with Gasteiger partial charge >= 0.3 is 0 Å². The minimum atomic E-state index is 0.549. The summed E-state index contributed by atoms with van der Waals surface area (Å²) < 4.78 is 0. The van der Waals surface area contributed by atoms with E-state index >= 15 is 0 Å². The van der Waals surface area contributed by atoms with Crippen molar-refractivity contribution in [3.8, 4) is 0 Å². The largest absolute Gasteiger partial charge is 0.0683 e. The number of benzene rings is 2. The molecule has 0 fully saturated rings. The zero-order valence-corrected chi connectivity index (χ0v) is 13.8. The molecule has 0 N–H and O–H groups in total. The monoisotopic (exact) mass is 270 g/mol. The molecule has 0 unspecified atom stereocenters. The molecule has 2 aromatic rings. The molecule has 110 valence electrons. The van der Waals surface area contributed by atoms with Crippen molar-refractivity contribution < 1.29 is 0 Å². The van der Waals surface area contributed by atoms with Crippen LogP contribution in [-0.4, -0.2) is 0 Å². The normalized spacial score (nSPS) is 9.10. The van der Waals surface area contributed by atoms with E-state index in [9.17, 15) is 0 Å². The molecule has 0 aliphatic carbocycles. The van der Waals surface area contributed by atoms with Gasteiger partial charge in [-0.1, -0.05) is 102 Å². The van der Waals surface area contributed by atoms with Crippen LogP contribution >= 0.6 is 0 Å². The molecular formula is C20H30. The molecule has 2 rings (SSSR count). The van der Waals surface area contributed by atoms with Crippen molar-refractivity contribution in [2.45, 2.75) is 53.4 Å². The lowest BCUT2D eigenvalue weighted by Gasteiger charge is -2.17. The van der Waals surface area contributed by atoms with E-state index in [4.69, 9.17) is 0 Å². The summed E-state index contributed by atoms with van der Waals surface area (Å²) in [5, 5.41) is 0. The Labute approximate surface area is 125 Å². The lowest BCUT2D eigenvalue weighted by Crippen LogP contribution is -2.00. The van der Waals surface area contributed by atoms with Crippen molar-refractivity contribution in [1.29, 1.82) is 0 Å². The molecule has 0 saturated carbocycles. The molecule has 0 aliphatic rings. The van der Waals surface area contributed by atoms with Crippen molar-refractivity contribution in [1.82, 2.24) is 0 Å². The first-order chi connectivity index (χ1) is 9.92. The van der Waals surface area contributed by atoms with Crippen molar-refractivity contribution in [2.24, 2.45) is 0 Å². The number of hydrogen-bond acceptors (Lipinski definition) is 0. The highest BCUT2D eigenvalue weighted by molar-refractivity contribution is 5.32. The molecule has 0 aliphatic heterocycles. The van der Waals surface area contributed by atoms with E-state index in [0.29, 0.717) is 5.92 Å². The summed E-state index contributed by atoms with van der Waals surface area (Å²) in [7, 11) is 0. The second kappa shape index (κ2) is 12.5. The molecule has 0 atom stereocenters. The maximum absolute atomic E-state index is 2.25. The molecule has 0 heterocycles. The Kier molecular flexibility index (Phi) is 11.5. The first-order valence-electron chi connectivity index (χ1n) is 8.01. The van der Waals surface area contributed by atoms with Crippen LogP contribution in [0.5, 0.6) is 0 Å². The molecule has 0 spiro atoms. The molecule has 0 aromatic heterocycles.